The summed E-state index contributed by atoms with van der Waals surface area (Å²) in [6.45, 7) is 10.9. The van der Waals surface area contributed by atoms with Crippen LogP contribution in [0.4, 0.5) is 4.79 Å². The normalized spacial score (nSPS) is 24.2. The number of carbonyl (C=O) groups excluding carboxylic acids is 2. The summed E-state index contributed by atoms with van der Waals surface area (Å²) in [5, 5.41) is 0. The van der Waals surface area contributed by atoms with Crippen molar-refractivity contribution in [2.45, 2.75) is 53.1 Å². The summed E-state index contributed by atoms with van der Waals surface area (Å²) in [6, 6.07) is 0. The molecule has 1 heterocycles. The van der Waals surface area contributed by atoms with Crippen molar-refractivity contribution >= 4 is 11.9 Å². The summed E-state index contributed by atoms with van der Waals surface area (Å²) in [5.74, 6) is 0.927. The second-order valence-corrected chi connectivity index (χ2v) is 6.22. The van der Waals surface area contributed by atoms with Crippen molar-refractivity contribution in [1.29, 1.82) is 0 Å². The lowest BCUT2D eigenvalue weighted by atomic mass is 9.92. The minimum atomic E-state index is -0.461. The van der Waals surface area contributed by atoms with Gasteiger partial charge in [0.15, 0.2) is 0 Å². The van der Waals surface area contributed by atoms with Gasteiger partial charge in [0.1, 0.15) is 11.4 Å². The van der Waals surface area contributed by atoms with Crippen LogP contribution in [0.3, 0.4) is 0 Å². The number of ketones is 1. The van der Waals surface area contributed by atoms with Gasteiger partial charge < -0.3 is 9.64 Å². The predicted molar refractivity (Wildman–Crippen MR) is 70.4 cm³/mol. The fourth-order valence-electron chi connectivity index (χ4n) is 2.21. The number of Topliss-reactive ketones (excluding diaryl/α,β-unsaturated/α-hetero) is 1. The zero-order valence-electron chi connectivity index (χ0n) is 12.2. The highest BCUT2D eigenvalue weighted by Crippen LogP contribution is 2.27. The molecular weight excluding hydrogens is 230 g/mol. The van der Waals surface area contributed by atoms with Gasteiger partial charge >= 0.3 is 6.09 Å². The number of hydrogen-bond acceptors (Lipinski definition) is 3. The van der Waals surface area contributed by atoms with Crippen LogP contribution in [0, 0.1) is 11.8 Å². The van der Waals surface area contributed by atoms with Crippen LogP contribution in [-0.2, 0) is 9.53 Å². The molecule has 2 atom stereocenters. The summed E-state index contributed by atoms with van der Waals surface area (Å²) >= 11 is 0. The van der Waals surface area contributed by atoms with Crippen LogP contribution in [0.2, 0.25) is 0 Å². The first-order chi connectivity index (χ1) is 8.23. The molecule has 104 valence electrons. The molecule has 0 aromatic rings. The van der Waals surface area contributed by atoms with E-state index in [1.165, 1.54) is 0 Å². The Kier molecular flexibility index (Phi) is 4.77. The van der Waals surface area contributed by atoms with Gasteiger partial charge in [-0.1, -0.05) is 13.8 Å². The van der Waals surface area contributed by atoms with Gasteiger partial charge in [0, 0.05) is 25.9 Å². The third-order valence-corrected chi connectivity index (χ3v) is 3.30. The molecule has 18 heavy (non-hydrogen) atoms. The number of likely N-dealkylation sites (tertiary alicyclic amines) is 1. The maximum Gasteiger partial charge on any atom is 0.410 e. The molecule has 1 aliphatic rings. The van der Waals surface area contributed by atoms with Crippen molar-refractivity contribution in [2.24, 2.45) is 11.8 Å². The Labute approximate surface area is 110 Å². The fraction of sp³-hybridized carbons (Fsp3) is 0.857. The number of nitrogens with zero attached hydrogens (tertiary/aromatic N) is 1. The van der Waals surface area contributed by atoms with Crippen LogP contribution in [0.15, 0.2) is 0 Å². The van der Waals surface area contributed by atoms with Crippen molar-refractivity contribution in [3.05, 3.63) is 0 Å². The Balaban J connectivity index is 2.53. The fourth-order valence-corrected chi connectivity index (χ4v) is 2.21. The SMILES string of the molecule is CCC(=O)CC1CN(C(=O)OC(C)(C)C)CC1C. The molecule has 0 spiro atoms. The first-order valence-corrected chi connectivity index (χ1v) is 6.72. The molecule has 0 aliphatic carbocycles. The monoisotopic (exact) mass is 255 g/mol. The molecule has 0 N–H and O–H groups in total. The van der Waals surface area contributed by atoms with Gasteiger partial charge in [0.25, 0.3) is 0 Å². The van der Waals surface area contributed by atoms with E-state index in [4.69, 9.17) is 4.74 Å². The Hall–Kier alpha value is -1.06. The summed E-state index contributed by atoms with van der Waals surface area (Å²) in [7, 11) is 0. The van der Waals surface area contributed by atoms with Crippen molar-refractivity contribution in [2.75, 3.05) is 13.1 Å². The van der Waals surface area contributed by atoms with Gasteiger partial charge in [-0.05, 0) is 32.6 Å². The highest BCUT2D eigenvalue weighted by atomic mass is 16.6. The molecule has 1 amide bonds. The third-order valence-electron chi connectivity index (χ3n) is 3.30. The number of hydrogen-bond donors (Lipinski definition) is 0. The van der Waals surface area contributed by atoms with Gasteiger partial charge in [0.2, 0.25) is 0 Å². The van der Waals surface area contributed by atoms with Crippen molar-refractivity contribution < 1.29 is 14.3 Å². The van der Waals surface area contributed by atoms with Crippen LogP contribution < -0.4 is 0 Å². The van der Waals surface area contributed by atoms with Crippen LogP contribution in [0.25, 0.3) is 0 Å². The quantitative estimate of drug-likeness (QED) is 0.779. The zero-order valence-corrected chi connectivity index (χ0v) is 12.2. The molecule has 0 aromatic carbocycles. The van der Waals surface area contributed by atoms with Crippen LogP contribution in [0.5, 0.6) is 0 Å². The summed E-state index contributed by atoms with van der Waals surface area (Å²) in [4.78, 5) is 25.1. The zero-order chi connectivity index (χ0) is 13.9. The summed E-state index contributed by atoms with van der Waals surface area (Å²) < 4.78 is 5.35. The largest absolute Gasteiger partial charge is 0.444 e. The number of rotatable bonds is 3. The average Bonchev–Trinajstić information content (AvgIpc) is 2.58. The first kappa shape index (κ1) is 15.0. The lowest BCUT2D eigenvalue weighted by molar-refractivity contribution is -0.119. The summed E-state index contributed by atoms with van der Waals surface area (Å²) in [6.07, 6.45) is 0.896. The van der Waals surface area contributed by atoms with Crippen molar-refractivity contribution in [3.8, 4) is 0 Å². The van der Waals surface area contributed by atoms with E-state index < -0.39 is 5.60 Å². The van der Waals surface area contributed by atoms with E-state index >= 15 is 0 Å². The summed E-state index contributed by atoms with van der Waals surface area (Å²) in [5.41, 5.74) is -0.461. The highest BCUT2D eigenvalue weighted by molar-refractivity contribution is 5.78. The Bertz CT molecular complexity index is 319. The molecular formula is C14H25NO3. The van der Waals surface area contributed by atoms with Crippen LogP contribution >= 0.6 is 0 Å². The molecule has 0 aromatic heterocycles. The number of carbonyl (C=O) groups is 2. The highest BCUT2D eigenvalue weighted by Gasteiger charge is 2.35. The molecule has 1 fully saturated rings. The van der Waals surface area contributed by atoms with Gasteiger partial charge in [-0.3, -0.25) is 4.79 Å². The molecule has 0 radical (unpaired) electrons. The molecule has 1 saturated heterocycles. The number of ether oxygens (including phenoxy) is 1. The minimum absolute atomic E-state index is 0.263. The first-order valence-electron chi connectivity index (χ1n) is 6.72. The molecule has 0 bridgehead atoms. The van der Waals surface area contributed by atoms with E-state index in [2.05, 4.69) is 6.92 Å². The van der Waals surface area contributed by atoms with E-state index in [1.54, 1.807) is 4.90 Å². The molecule has 1 rings (SSSR count). The van der Waals surface area contributed by atoms with Crippen molar-refractivity contribution in [3.63, 3.8) is 0 Å². The maximum absolute atomic E-state index is 11.9. The maximum atomic E-state index is 11.9. The van der Waals surface area contributed by atoms with Crippen LogP contribution in [-0.4, -0.2) is 35.5 Å². The standard InChI is InChI=1S/C14H25NO3/c1-6-12(16)7-11-9-15(8-10(11)2)13(17)18-14(3,4)5/h10-11H,6-9H2,1-5H3. The minimum Gasteiger partial charge on any atom is -0.444 e. The van der Waals surface area contributed by atoms with Gasteiger partial charge in [0.05, 0.1) is 0 Å². The van der Waals surface area contributed by atoms with Crippen LogP contribution in [0.1, 0.15) is 47.5 Å². The van der Waals surface area contributed by atoms with Gasteiger partial charge in [-0.25, -0.2) is 4.79 Å². The van der Waals surface area contributed by atoms with E-state index in [-0.39, 0.29) is 17.8 Å². The van der Waals surface area contributed by atoms with E-state index in [9.17, 15) is 9.59 Å². The Morgan fingerprint density at radius 1 is 1.28 bits per heavy atom. The molecule has 4 heteroatoms. The number of amides is 1. The Morgan fingerprint density at radius 3 is 2.39 bits per heavy atom. The third kappa shape index (κ3) is 4.31. The lowest BCUT2D eigenvalue weighted by Gasteiger charge is -2.24. The van der Waals surface area contributed by atoms with E-state index in [0.29, 0.717) is 31.8 Å². The smallest absolute Gasteiger partial charge is 0.410 e. The lowest BCUT2D eigenvalue weighted by Crippen LogP contribution is -2.35. The topological polar surface area (TPSA) is 46.6 Å². The van der Waals surface area contributed by atoms with Gasteiger partial charge in [-0.2, -0.15) is 0 Å². The molecule has 0 saturated carbocycles. The van der Waals surface area contributed by atoms with E-state index in [0.717, 1.165) is 0 Å². The average molecular weight is 255 g/mol. The second-order valence-electron chi connectivity index (χ2n) is 6.22. The van der Waals surface area contributed by atoms with E-state index in [1.807, 2.05) is 27.7 Å². The molecule has 4 nitrogen and oxygen atoms in total. The van der Waals surface area contributed by atoms with Gasteiger partial charge in [-0.15, -0.1) is 0 Å². The predicted octanol–water partition coefficient (Wildman–Crippen LogP) is 2.86. The molecule has 2 unspecified atom stereocenters. The Morgan fingerprint density at radius 2 is 1.89 bits per heavy atom. The second kappa shape index (κ2) is 5.72. The molecule has 1 aliphatic heterocycles. The van der Waals surface area contributed by atoms with Crippen molar-refractivity contribution in [1.82, 2.24) is 4.90 Å².